The molecule has 2 atom stereocenters. The third-order valence-electron chi connectivity index (χ3n) is 4.21. The van der Waals surface area contributed by atoms with Gasteiger partial charge in [-0.2, -0.15) is 0 Å². The fourth-order valence-electron chi connectivity index (χ4n) is 2.95. The van der Waals surface area contributed by atoms with Gasteiger partial charge in [0.1, 0.15) is 0 Å². The van der Waals surface area contributed by atoms with Gasteiger partial charge in [-0.3, -0.25) is 9.69 Å². The zero-order valence-corrected chi connectivity index (χ0v) is 15.7. The fourth-order valence-corrected chi connectivity index (χ4v) is 3.23. The number of carboxylic acid groups (broad SMARTS) is 1. The summed E-state index contributed by atoms with van der Waals surface area (Å²) in [5, 5.41) is 13.6. The van der Waals surface area contributed by atoms with E-state index >= 15 is 0 Å². The lowest BCUT2D eigenvalue weighted by Crippen LogP contribution is -2.50. The molecule has 2 rings (SSSR count). The van der Waals surface area contributed by atoms with Gasteiger partial charge in [-0.1, -0.05) is 46.3 Å². The van der Waals surface area contributed by atoms with E-state index in [1.807, 2.05) is 35.2 Å². The van der Waals surface area contributed by atoms with Crippen LogP contribution in [0, 0.1) is 0 Å². The first-order valence-corrected chi connectivity index (χ1v) is 9.40. The molecule has 0 bridgehead atoms. The molecule has 1 aliphatic heterocycles. The number of halogens is 3. The maximum atomic E-state index is 13.3. The topological polar surface area (TPSA) is 81.7 Å². The lowest BCUT2D eigenvalue weighted by Gasteiger charge is -2.20. The number of carbonyl (C=O) groups is 2. The van der Waals surface area contributed by atoms with Crippen LogP contribution in [0.4, 0.5) is 13.6 Å². The first-order chi connectivity index (χ1) is 12.3. The average Bonchev–Trinajstić information content (AvgIpc) is 2.94. The molecule has 0 aliphatic carbocycles. The highest BCUT2D eigenvalue weighted by molar-refractivity contribution is 9.09. The van der Waals surface area contributed by atoms with Crippen LogP contribution in [0.1, 0.15) is 18.4 Å². The normalized spacial score (nSPS) is 20.7. The number of alkyl halides is 3. The molecule has 3 N–H and O–H groups in total. The number of nitrogens with zero attached hydrogens (tertiary/aromatic N) is 1. The average molecular weight is 434 g/mol. The number of likely N-dealkylation sites (tertiary alicyclic amines) is 1. The fraction of sp³-hybridized carbons (Fsp3) is 0.529. The van der Waals surface area contributed by atoms with Gasteiger partial charge in [-0.05, 0) is 5.56 Å². The molecule has 1 aliphatic rings. The van der Waals surface area contributed by atoms with Crippen LogP contribution < -0.4 is 10.6 Å². The van der Waals surface area contributed by atoms with Crippen molar-refractivity contribution in [1.82, 2.24) is 15.5 Å². The molecule has 1 fully saturated rings. The van der Waals surface area contributed by atoms with Crippen molar-refractivity contribution in [2.45, 2.75) is 37.4 Å². The van der Waals surface area contributed by atoms with Crippen molar-refractivity contribution in [2.75, 3.05) is 18.4 Å². The van der Waals surface area contributed by atoms with E-state index in [1.54, 1.807) is 0 Å². The molecule has 26 heavy (non-hydrogen) atoms. The molecule has 1 aromatic carbocycles. The van der Waals surface area contributed by atoms with E-state index in [4.69, 9.17) is 5.11 Å². The minimum Gasteiger partial charge on any atom is -0.465 e. The number of benzene rings is 1. The van der Waals surface area contributed by atoms with Crippen molar-refractivity contribution >= 4 is 27.9 Å². The van der Waals surface area contributed by atoms with Gasteiger partial charge < -0.3 is 15.7 Å². The van der Waals surface area contributed by atoms with Gasteiger partial charge in [0, 0.05) is 32.5 Å². The maximum Gasteiger partial charge on any atom is 0.404 e. The predicted molar refractivity (Wildman–Crippen MR) is 96.6 cm³/mol. The minimum atomic E-state index is -2.94. The van der Waals surface area contributed by atoms with Crippen LogP contribution >= 0.6 is 15.9 Å². The van der Waals surface area contributed by atoms with Gasteiger partial charge in [-0.25, -0.2) is 13.6 Å². The van der Waals surface area contributed by atoms with Crippen LogP contribution in [-0.4, -0.2) is 58.4 Å². The van der Waals surface area contributed by atoms with Crippen molar-refractivity contribution in [1.29, 1.82) is 0 Å². The Morgan fingerprint density at radius 1 is 1.19 bits per heavy atom. The molecule has 2 unspecified atom stereocenters. The summed E-state index contributed by atoms with van der Waals surface area (Å²) >= 11 is 2.72. The summed E-state index contributed by atoms with van der Waals surface area (Å²) in [5.74, 6) is -3.44. The van der Waals surface area contributed by atoms with Crippen molar-refractivity contribution < 1.29 is 23.5 Å². The molecule has 0 saturated carbocycles. The predicted octanol–water partition coefficient (Wildman–Crippen LogP) is 2.43. The van der Waals surface area contributed by atoms with Gasteiger partial charge in [0.2, 0.25) is 5.91 Å². The molecule has 6 nitrogen and oxygen atoms in total. The van der Waals surface area contributed by atoms with E-state index in [9.17, 15) is 18.4 Å². The minimum absolute atomic E-state index is 0.312. The Balaban J connectivity index is 1.93. The highest BCUT2D eigenvalue weighted by Gasteiger charge is 2.35. The summed E-state index contributed by atoms with van der Waals surface area (Å²) < 4.78 is 26.5. The molecule has 1 heterocycles. The summed E-state index contributed by atoms with van der Waals surface area (Å²) in [5.41, 5.74) is 1.07. The van der Waals surface area contributed by atoms with Gasteiger partial charge in [-0.15, -0.1) is 0 Å². The molecule has 9 heteroatoms. The van der Waals surface area contributed by atoms with Crippen molar-refractivity contribution in [3.05, 3.63) is 35.9 Å². The van der Waals surface area contributed by atoms with E-state index in [0.717, 1.165) is 5.56 Å². The van der Waals surface area contributed by atoms with Crippen LogP contribution in [0.15, 0.2) is 30.3 Å². The number of rotatable bonds is 8. The third-order valence-corrected chi connectivity index (χ3v) is 5.03. The molecule has 1 aromatic rings. The quantitative estimate of drug-likeness (QED) is 0.549. The van der Waals surface area contributed by atoms with Gasteiger partial charge in [0.05, 0.1) is 17.4 Å². The summed E-state index contributed by atoms with van der Waals surface area (Å²) in [6, 6.07) is 8.73. The van der Waals surface area contributed by atoms with Crippen LogP contribution in [0.5, 0.6) is 0 Å². The molecular formula is C17H22BrF2N3O3. The second-order valence-electron chi connectivity index (χ2n) is 6.40. The molecule has 144 valence electrons. The van der Waals surface area contributed by atoms with E-state index in [1.165, 1.54) is 0 Å². The van der Waals surface area contributed by atoms with E-state index in [0.29, 0.717) is 19.6 Å². The molecule has 0 radical (unpaired) electrons. The highest BCUT2D eigenvalue weighted by atomic mass is 79.9. The zero-order valence-electron chi connectivity index (χ0n) is 14.1. The van der Waals surface area contributed by atoms with Crippen LogP contribution in [-0.2, 0) is 11.3 Å². The molecule has 1 saturated heterocycles. The molecular weight excluding hydrogens is 412 g/mol. The van der Waals surface area contributed by atoms with Gasteiger partial charge in [0.15, 0.2) is 0 Å². The van der Waals surface area contributed by atoms with Gasteiger partial charge in [0.25, 0.3) is 5.92 Å². The Morgan fingerprint density at radius 3 is 2.38 bits per heavy atom. The SMILES string of the molecule is O=C(O)NC1CN(Cc2ccccc2)CC1NC(=O)CCC(F)(F)CBr. The largest absolute Gasteiger partial charge is 0.465 e. The van der Waals surface area contributed by atoms with Crippen molar-refractivity contribution in [3.63, 3.8) is 0 Å². The lowest BCUT2D eigenvalue weighted by atomic mass is 10.1. The molecule has 2 amide bonds. The number of nitrogens with one attached hydrogen (secondary N) is 2. The molecule has 0 spiro atoms. The highest BCUT2D eigenvalue weighted by Crippen LogP contribution is 2.22. The third kappa shape index (κ3) is 6.53. The zero-order chi connectivity index (χ0) is 19.2. The van der Waals surface area contributed by atoms with Crippen LogP contribution in [0.25, 0.3) is 0 Å². The maximum absolute atomic E-state index is 13.3. The van der Waals surface area contributed by atoms with Crippen molar-refractivity contribution in [2.24, 2.45) is 0 Å². The first kappa shape index (κ1) is 20.6. The first-order valence-electron chi connectivity index (χ1n) is 8.28. The summed E-state index contributed by atoms with van der Waals surface area (Å²) in [7, 11) is 0. The monoisotopic (exact) mass is 433 g/mol. The number of hydrogen-bond donors (Lipinski definition) is 3. The van der Waals surface area contributed by atoms with E-state index in [2.05, 4.69) is 26.6 Å². The standard InChI is InChI=1S/C17H22BrF2N3O3/c18-11-17(19,20)7-6-15(24)21-13-9-23(10-14(13)22-16(25)26)8-12-4-2-1-3-5-12/h1-5,13-14,22H,6-11H2,(H,21,24)(H,25,26). The number of carbonyl (C=O) groups excluding carboxylic acids is 1. The molecule has 0 aromatic heterocycles. The number of hydrogen-bond acceptors (Lipinski definition) is 3. The van der Waals surface area contributed by atoms with E-state index < -0.39 is 41.8 Å². The second-order valence-corrected chi connectivity index (χ2v) is 6.96. The van der Waals surface area contributed by atoms with Gasteiger partial charge >= 0.3 is 6.09 Å². The Kier molecular flexibility index (Phi) is 7.33. The van der Waals surface area contributed by atoms with Crippen LogP contribution in [0.2, 0.25) is 0 Å². The Hall–Kier alpha value is -1.74. The summed E-state index contributed by atoms with van der Waals surface area (Å²) in [4.78, 5) is 25.0. The van der Waals surface area contributed by atoms with Crippen molar-refractivity contribution in [3.8, 4) is 0 Å². The smallest absolute Gasteiger partial charge is 0.404 e. The van der Waals surface area contributed by atoms with Crippen LogP contribution in [0.3, 0.4) is 0 Å². The Bertz CT molecular complexity index is 619. The van der Waals surface area contributed by atoms with E-state index in [-0.39, 0.29) is 6.42 Å². The second kappa shape index (κ2) is 9.27. The summed E-state index contributed by atoms with van der Waals surface area (Å²) in [6.07, 6.45) is -2.04. The Morgan fingerprint density at radius 2 is 1.81 bits per heavy atom. The lowest BCUT2D eigenvalue weighted by molar-refractivity contribution is -0.123. The Labute approximate surface area is 159 Å². The number of amides is 2. The summed E-state index contributed by atoms with van der Waals surface area (Å²) in [6.45, 7) is 1.50.